The highest BCUT2D eigenvalue weighted by molar-refractivity contribution is 5.75. The molecule has 2 heterocycles. The Morgan fingerprint density at radius 1 is 1.47 bits per heavy atom. The molecular weight excluding hydrogens is 224 g/mol. The molecule has 0 aromatic heterocycles. The molecule has 5 heteroatoms. The molecule has 17 heavy (non-hydrogen) atoms. The van der Waals surface area contributed by atoms with Gasteiger partial charge in [-0.1, -0.05) is 0 Å². The van der Waals surface area contributed by atoms with Gasteiger partial charge in [-0.3, -0.25) is 9.59 Å². The average molecular weight is 242 g/mol. The van der Waals surface area contributed by atoms with Gasteiger partial charge in [0.2, 0.25) is 0 Å². The number of hydrogen-bond acceptors (Lipinski definition) is 5. The summed E-state index contributed by atoms with van der Waals surface area (Å²) in [6.07, 6.45) is 1.35. The van der Waals surface area contributed by atoms with Crippen LogP contribution in [-0.2, 0) is 19.1 Å². The smallest absolute Gasteiger partial charge is 0.308 e. The number of ketones is 1. The molecule has 2 fully saturated rings. The molecule has 1 N–H and O–H groups in total. The van der Waals surface area contributed by atoms with Crippen LogP contribution in [-0.4, -0.2) is 41.3 Å². The van der Waals surface area contributed by atoms with Gasteiger partial charge in [0.25, 0.3) is 0 Å². The first-order valence-electron chi connectivity index (χ1n) is 6.05. The lowest BCUT2D eigenvalue weighted by molar-refractivity contribution is -0.186. The minimum absolute atomic E-state index is 0.0278. The third-order valence-electron chi connectivity index (χ3n) is 3.19. The maximum atomic E-state index is 11.2. The summed E-state index contributed by atoms with van der Waals surface area (Å²) >= 11 is 0. The van der Waals surface area contributed by atoms with E-state index in [4.69, 9.17) is 9.47 Å². The predicted octanol–water partition coefficient (Wildman–Crippen LogP) is 0.580. The standard InChI is InChI=1S/C12H18O5/c1-7(13)2-8(14)3-9-4-10-5-11(16-9)6-12(15)17-10/h8-11,14H,2-6H2,1H3/t8-,9-,10-,11+/m0/s1. The van der Waals surface area contributed by atoms with Gasteiger partial charge in [-0.25, -0.2) is 0 Å². The molecule has 2 bridgehead atoms. The summed E-state index contributed by atoms with van der Waals surface area (Å²) in [6, 6.07) is 0. The van der Waals surface area contributed by atoms with E-state index in [1.807, 2.05) is 0 Å². The highest BCUT2D eigenvalue weighted by Crippen LogP contribution is 2.31. The van der Waals surface area contributed by atoms with Gasteiger partial charge in [0.05, 0.1) is 24.7 Å². The Balaban J connectivity index is 1.83. The van der Waals surface area contributed by atoms with Crippen LogP contribution in [0.5, 0.6) is 0 Å². The number of aliphatic hydroxyl groups is 1. The first-order valence-corrected chi connectivity index (χ1v) is 6.05. The van der Waals surface area contributed by atoms with E-state index in [0.717, 1.165) is 6.42 Å². The number of aliphatic hydroxyl groups excluding tert-OH is 1. The zero-order valence-electron chi connectivity index (χ0n) is 9.93. The lowest BCUT2D eigenvalue weighted by Gasteiger charge is -2.39. The Kier molecular flexibility index (Phi) is 3.79. The van der Waals surface area contributed by atoms with Crippen LogP contribution in [0, 0.1) is 0 Å². The van der Waals surface area contributed by atoms with Crippen LogP contribution in [0.2, 0.25) is 0 Å². The zero-order valence-corrected chi connectivity index (χ0v) is 9.93. The average Bonchev–Trinajstić information content (AvgIpc) is 2.12. The summed E-state index contributed by atoms with van der Waals surface area (Å²) in [5, 5.41) is 9.68. The molecule has 0 amide bonds. The third-order valence-corrected chi connectivity index (χ3v) is 3.19. The van der Waals surface area contributed by atoms with Crippen LogP contribution in [0.1, 0.15) is 39.0 Å². The van der Waals surface area contributed by atoms with Gasteiger partial charge in [-0.2, -0.15) is 0 Å². The van der Waals surface area contributed by atoms with E-state index in [-0.39, 0.29) is 36.5 Å². The van der Waals surface area contributed by atoms with Crippen molar-refractivity contribution in [1.82, 2.24) is 0 Å². The van der Waals surface area contributed by atoms with Crippen LogP contribution in [0.15, 0.2) is 0 Å². The lowest BCUT2D eigenvalue weighted by Crippen LogP contribution is -2.44. The molecular formula is C12H18O5. The molecule has 2 rings (SSSR count). The molecule has 96 valence electrons. The molecule has 0 saturated carbocycles. The largest absolute Gasteiger partial charge is 0.462 e. The van der Waals surface area contributed by atoms with Crippen molar-refractivity contribution in [2.24, 2.45) is 0 Å². The van der Waals surface area contributed by atoms with E-state index in [9.17, 15) is 14.7 Å². The van der Waals surface area contributed by atoms with Gasteiger partial charge >= 0.3 is 5.97 Å². The van der Waals surface area contributed by atoms with Crippen molar-refractivity contribution in [3.63, 3.8) is 0 Å². The van der Waals surface area contributed by atoms with Gasteiger partial charge in [-0.15, -0.1) is 0 Å². The second kappa shape index (κ2) is 5.14. The van der Waals surface area contributed by atoms with Crippen molar-refractivity contribution >= 4 is 11.8 Å². The van der Waals surface area contributed by atoms with Gasteiger partial charge in [0, 0.05) is 25.7 Å². The Labute approximate surface area is 100 Å². The van der Waals surface area contributed by atoms with Crippen molar-refractivity contribution in [2.45, 2.75) is 63.4 Å². The van der Waals surface area contributed by atoms with Gasteiger partial charge in [0.1, 0.15) is 11.9 Å². The quantitative estimate of drug-likeness (QED) is 0.730. The summed E-state index contributed by atoms with van der Waals surface area (Å²) in [6.45, 7) is 1.46. The number of hydrogen-bond donors (Lipinski definition) is 1. The van der Waals surface area contributed by atoms with Crippen LogP contribution >= 0.6 is 0 Å². The molecule has 0 spiro atoms. The fourth-order valence-corrected chi connectivity index (χ4v) is 2.58. The number of carbonyl (C=O) groups is 2. The number of fused-ring (bicyclic) bond motifs is 2. The predicted molar refractivity (Wildman–Crippen MR) is 58.3 cm³/mol. The molecule has 2 aliphatic rings. The van der Waals surface area contributed by atoms with E-state index in [1.165, 1.54) is 6.92 Å². The van der Waals surface area contributed by atoms with Gasteiger partial charge in [-0.05, 0) is 6.92 Å². The number of ether oxygens (including phenoxy) is 2. The SMILES string of the molecule is CC(=O)C[C@H](O)C[C@H]1C[C@H]2C[C@H](CC(=O)O2)O1. The first-order chi connectivity index (χ1) is 8.02. The third kappa shape index (κ3) is 3.51. The number of rotatable bonds is 4. The van der Waals surface area contributed by atoms with Crippen molar-refractivity contribution in [3.05, 3.63) is 0 Å². The first kappa shape index (κ1) is 12.5. The summed E-state index contributed by atoms with van der Waals surface area (Å²) in [7, 11) is 0. The monoisotopic (exact) mass is 242 g/mol. The van der Waals surface area contributed by atoms with Crippen LogP contribution < -0.4 is 0 Å². The fourth-order valence-electron chi connectivity index (χ4n) is 2.58. The number of esters is 1. The molecule has 0 aliphatic carbocycles. The molecule has 0 aromatic rings. The summed E-state index contributed by atoms with van der Waals surface area (Å²) in [5.74, 6) is -0.228. The normalized spacial score (nSPS) is 34.0. The Hall–Kier alpha value is -0.940. The van der Waals surface area contributed by atoms with Crippen molar-refractivity contribution in [1.29, 1.82) is 0 Å². The minimum Gasteiger partial charge on any atom is -0.462 e. The van der Waals surface area contributed by atoms with Gasteiger partial charge in [0.15, 0.2) is 0 Å². The summed E-state index contributed by atoms with van der Waals surface area (Å²) < 4.78 is 10.9. The second-order valence-corrected chi connectivity index (χ2v) is 4.96. The molecule has 0 aromatic carbocycles. The maximum Gasteiger partial charge on any atom is 0.308 e. The Bertz CT molecular complexity index is 298. The fraction of sp³-hybridized carbons (Fsp3) is 0.833. The Morgan fingerprint density at radius 3 is 2.88 bits per heavy atom. The van der Waals surface area contributed by atoms with E-state index in [1.54, 1.807) is 0 Å². The highest BCUT2D eigenvalue weighted by Gasteiger charge is 2.37. The zero-order chi connectivity index (χ0) is 12.4. The van der Waals surface area contributed by atoms with Gasteiger partial charge < -0.3 is 14.6 Å². The van der Waals surface area contributed by atoms with Crippen LogP contribution in [0.4, 0.5) is 0 Å². The lowest BCUT2D eigenvalue weighted by atomic mass is 9.93. The van der Waals surface area contributed by atoms with Crippen molar-refractivity contribution in [3.8, 4) is 0 Å². The molecule has 0 radical (unpaired) electrons. The minimum atomic E-state index is -0.660. The summed E-state index contributed by atoms with van der Waals surface area (Å²) in [5.41, 5.74) is 0. The number of Topliss-reactive ketones (excluding diaryl/α,β-unsaturated/α-hetero) is 1. The van der Waals surface area contributed by atoms with Crippen molar-refractivity contribution in [2.75, 3.05) is 0 Å². The Morgan fingerprint density at radius 2 is 2.24 bits per heavy atom. The summed E-state index contributed by atoms with van der Waals surface area (Å²) in [4.78, 5) is 22.0. The molecule has 2 saturated heterocycles. The van der Waals surface area contributed by atoms with E-state index >= 15 is 0 Å². The van der Waals surface area contributed by atoms with E-state index in [2.05, 4.69) is 0 Å². The molecule has 4 atom stereocenters. The highest BCUT2D eigenvalue weighted by atomic mass is 16.6. The van der Waals surface area contributed by atoms with Crippen LogP contribution in [0.3, 0.4) is 0 Å². The topological polar surface area (TPSA) is 72.8 Å². The van der Waals surface area contributed by atoms with Crippen molar-refractivity contribution < 1.29 is 24.2 Å². The molecule has 2 aliphatic heterocycles. The van der Waals surface area contributed by atoms with E-state index in [0.29, 0.717) is 19.3 Å². The molecule has 0 unspecified atom stereocenters. The maximum absolute atomic E-state index is 11.2. The number of carbonyl (C=O) groups excluding carboxylic acids is 2. The molecule has 5 nitrogen and oxygen atoms in total. The van der Waals surface area contributed by atoms with E-state index < -0.39 is 6.10 Å². The van der Waals surface area contributed by atoms with Crippen LogP contribution in [0.25, 0.3) is 0 Å². The second-order valence-electron chi connectivity index (χ2n) is 4.96.